The summed E-state index contributed by atoms with van der Waals surface area (Å²) in [6.45, 7) is 7.90. The smallest absolute Gasteiger partial charge is 0.312 e. The lowest BCUT2D eigenvalue weighted by molar-refractivity contribution is -0.160. The molecule has 0 spiro atoms. The van der Waals surface area contributed by atoms with Crippen molar-refractivity contribution in [3.05, 3.63) is 35.4 Å². The molecule has 1 aromatic rings. The topological polar surface area (TPSA) is 46.5 Å². The van der Waals surface area contributed by atoms with Crippen LogP contribution in [0.5, 0.6) is 0 Å². The molecule has 2 atom stereocenters. The average molecular weight is 264 g/mol. The molecule has 106 valence electrons. The van der Waals surface area contributed by atoms with Crippen LogP contribution in [-0.2, 0) is 15.1 Å². The van der Waals surface area contributed by atoms with Crippen molar-refractivity contribution in [2.75, 3.05) is 6.61 Å². The number of benzene rings is 1. The lowest BCUT2D eigenvalue weighted by atomic mass is 9.77. The van der Waals surface area contributed by atoms with E-state index in [-0.39, 0.29) is 5.97 Å². The molecule has 2 unspecified atom stereocenters. The number of carbonyl (C=O) groups is 1. The van der Waals surface area contributed by atoms with Gasteiger partial charge in [0.05, 0.1) is 12.5 Å². The molecule has 0 aromatic heterocycles. The zero-order valence-electron chi connectivity index (χ0n) is 12.3. The molecular weight excluding hydrogens is 240 g/mol. The van der Waals surface area contributed by atoms with Gasteiger partial charge in [-0.25, -0.2) is 0 Å². The van der Waals surface area contributed by atoms with E-state index in [9.17, 15) is 9.90 Å². The quantitative estimate of drug-likeness (QED) is 0.803. The molecule has 3 nitrogen and oxygen atoms in total. The van der Waals surface area contributed by atoms with Crippen LogP contribution in [0.25, 0.3) is 0 Å². The SMILES string of the molecule is CCOC(=O)C(CC)C(O)(CC)c1ccc(C)cc1. The summed E-state index contributed by atoms with van der Waals surface area (Å²) in [7, 11) is 0. The minimum absolute atomic E-state index is 0.324. The number of hydrogen-bond donors (Lipinski definition) is 1. The number of carbonyl (C=O) groups excluding carboxylic acids is 1. The van der Waals surface area contributed by atoms with Gasteiger partial charge in [-0.1, -0.05) is 43.7 Å². The summed E-state index contributed by atoms with van der Waals surface area (Å²) in [6.07, 6.45) is 1.03. The average Bonchev–Trinajstić information content (AvgIpc) is 2.40. The molecule has 0 aliphatic heterocycles. The molecule has 0 heterocycles. The monoisotopic (exact) mass is 264 g/mol. The van der Waals surface area contributed by atoms with Crippen molar-refractivity contribution in [3.8, 4) is 0 Å². The highest BCUT2D eigenvalue weighted by Gasteiger charge is 2.41. The lowest BCUT2D eigenvalue weighted by Gasteiger charge is -2.34. The summed E-state index contributed by atoms with van der Waals surface area (Å²) in [5.41, 5.74) is 0.751. The van der Waals surface area contributed by atoms with E-state index in [0.29, 0.717) is 19.4 Å². The Kier molecular flexibility index (Phi) is 5.55. The van der Waals surface area contributed by atoms with Crippen molar-refractivity contribution in [1.82, 2.24) is 0 Å². The summed E-state index contributed by atoms with van der Waals surface area (Å²) in [6, 6.07) is 7.68. The first-order valence-electron chi connectivity index (χ1n) is 6.95. The Balaban J connectivity index is 3.12. The third kappa shape index (κ3) is 3.35. The Bertz CT molecular complexity index is 411. The number of aryl methyl sites for hydroxylation is 1. The van der Waals surface area contributed by atoms with Crippen LogP contribution in [0.1, 0.15) is 44.7 Å². The van der Waals surface area contributed by atoms with Crippen molar-refractivity contribution in [3.63, 3.8) is 0 Å². The molecule has 0 saturated heterocycles. The molecule has 0 aliphatic rings. The van der Waals surface area contributed by atoms with Crippen molar-refractivity contribution in [1.29, 1.82) is 0 Å². The van der Waals surface area contributed by atoms with E-state index in [2.05, 4.69) is 0 Å². The van der Waals surface area contributed by atoms with Gasteiger partial charge < -0.3 is 9.84 Å². The molecule has 0 radical (unpaired) electrons. The van der Waals surface area contributed by atoms with Gasteiger partial charge in [0.2, 0.25) is 0 Å². The van der Waals surface area contributed by atoms with Crippen LogP contribution in [-0.4, -0.2) is 17.7 Å². The molecule has 0 saturated carbocycles. The highest BCUT2D eigenvalue weighted by molar-refractivity contribution is 5.74. The second kappa shape index (κ2) is 6.71. The molecule has 19 heavy (non-hydrogen) atoms. The lowest BCUT2D eigenvalue weighted by Crippen LogP contribution is -2.40. The van der Waals surface area contributed by atoms with Crippen LogP contribution < -0.4 is 0 Å². The van der Waals surface area contributed by atoms with Crippen LogP contribution in [0.3, 0.4) is 0 Å². The van der Waals surface area contributed by atoms with Gasteiger partial charge in [0.15, 0.2) is 0 Å². The van der Waals surface area contributed by atoms with Gasteiger partial charge in [-0.2, -0.15) is 0 Å². The number of esters is 1. The van der Waals surface area contributed by atoms with Crippen LogP contribution in [0.15, 0.2) is 24.3 Å². The molecule has 0 amide bonds. The molecular formula is C16H24O3. The van der Waals surface area contributed by atoms with Gasteiger partial charge in [-0.05, 0) is 32.3 Å². The summed E-state index contributed by atoms with van der Waals surface area (Å²) in [4.78, 5) is 12.0. The van der Waals surface area contributed by atoms with E-state index in [0.717, 1.165) is 11.1 Å². The molecule has 1 N–H and O–H groups in total. The number of aliphatic hydroxyl groups is 1. The fourth-order valence-electron chi connectivity index (χ4n) is 2.44. The first-order chi connectivity index (χ1) is 8.99. The highest BCUT2D eigenvalue weighted by atomic mass is 16.5. The zero-order chi connectivity index (χ0) is 14.5. The van der Waals surface area contributed by atoms with Gasteiger partial charge in [-0.3, -0.25) is 4.79 Å². The molecule has 1 rings (SSSR count). The van der Waals surface area contributed by atoms with Gasteiger partial charge in [0, 0.05) is 0 Å². The summed E-state index contributed by atoms with van der Waals surface area (Å²) in [5, 5.41) is 10.9. The molecule has 0 bridgehead atoms. The Morgan fingerprint density at radius 2 is 1.84 bits per heavy atom. The van der Waals surface area contributed by atoms with Crippen molar-refractivity contribution >= 4 is 5.97 Å². The normalized spacial score (nSPS) is 15.6. The maximum Gasteiger partial charge on any atom is 0.312 e. The van der Waals surface area contributed by atoms with Crippen molar-refractivity contribution < 1.29 is 14.6 Å². The maximum absolute atomic E-state index is 12.0. The molecule has 0 fully saturated rings. The van der Waals surface area contributed by atoms with E-state index in [1.54, 1.807) is 6.92 Å². The second-order valence-corrected chi connectivity index (χ2v) is 4.86. The van der Waals surface area contributed by atoms with Gasteiger partial charge in [-0.15, -0.1) is 0 Å². The van der Waals surface area contributed by atoms with Crippen LogP contribution in [0.2, 0.25) is 0 Å². The van der Waals surface area contributed by atoms with E-state index < -0.39 is 11.5 Å². The first-order valence-corrected chi connectivity index (χ1v) is 6.95. The third-order valence-corrected chi connectivity index (χ3v) is 3.65. The predicted octanol–water partition coefficient (Wildman–Crippen LogP) is 3.18. The fourth-order valence-corrected chi connectivity index (χ4v) is 2.44. The predicted molar refractivity (Wildman–Crippen MR) is 75.8 cm³/mol. The maximum atomic E-state index is 12.0. The zero-order valence-corrected chi connectivity index (χ0v) is 12.3. The van der Waals surface area contributed by atoms with E-state index in [1.807, 2.05) is 45.0 Å². The summed E-state index contributed by atoms with van der Waals surface area (Å²) in [5.74, 6) is -0.852. The van der Waals surface area contributed by atoms with Gasteiger partial charge in [0.25, 0.3) is 0 Å². The largest absolute Gasteiger partial charge is 0.466 e. The number of ether oxygens (including phenoxy) is 1. The van der Waals surface area contributed by atoms with Crippen LogP contribution in [0.4, 0.5) is 0 Å². The summed E-state index contributed by atoms with van der Waals surface area (Å²) < 4.78 is 5.09. The minimum Gasteiger partial charge on any atom is -0.466 e. The Morgan fingerprint density at radius 3 is 2.26 bits per heavy atom. The Labute approximate surface area is 115 Å². The van der Waals surface area contributed by atoms with Crippen LogP contribution in [0, 0.1) is 12.8 Å². The summed E-state index contributed by atoms with van der Waals surface area (Å²) >= 11 is 0. The minimum atomic E-state index is -1.16. The second-order valence-electron chi connectivity index (χ2n) is 4.86. The van der Waals surface area contributed by atoms with Crippen molar-refractivity contribution in [2.24, 2.45) is 5.92 Å². The first kappa shape index (κ1) is 15.7. The third-order valence-electron chi connectivity index (χ3n) is 3.65. The highest BCUT2D eigenvalue weighted by Crippen LogP contribution is 2.36. The Hall–Kier alpha value is -1.35. The molecule has 1 aromatic carbocycles. The van der Waals surface area contributed by atoms with E-state index >= 15 is 0 Å². The van der Waals surface area contributed by atoms with Gasteiger partial charge in [0.1, 0.15) is 5.60 Å². The molecule has 0 aliphatic carbocycles. The van der Waals surface area contributed by atoms with E-state index in [4.69, 9.17) is 4.74 Å². The standard InChI is InChI=1S/C16H24O3/c1-5-14(15(17)19-7-3)16(18,6-2)13-10-8-12(4)9-11-13/h8-11,14,18H,5-7H2,1-4H3. The van der Waals surface area contributed by atoms with Crippen molar-refractivity contribution in [2.45, 2.75) is 46.1 Å². The van der Waals surface area contributed by atoms with Gasteiger partial charge >= 0.3 is 5.97 Å². The number of hydrogen-bond acceptors (Lipinski definition) is 3. The number of rotatable bonds is 6. The molecule has 3 heteroatoms. The Morgan fingerprint density at radius 1 is 1.26 bits per heavy atom. The fraction of sp³-hybridized carbons (Fsp3) is 0.562. The van der Waals surface area contributed by atoms with E-state index in [1.165, 1.54) is 0 Å². The van der Waals surface area contributed by atoms with Crippen LogP contribution >= 0.6 is 0 Å².